The average Bonchev–Trinajstić information content (AvgIpc) is 2.97. The Morgan fingerprint density at radius 3 is 3.31 bits per heavy atom. The Labute approximate surface area is 93.7 Å². The van der Waals surface area contributed by atoms with Crippen LogP contribution in [0.5, 0.6) is 5.75 Å². The summed E-state index contributed by atoms with van der Waals surface area (Å²) < 4.78 is 5.46. The van der Waals surface area contributed by atoms with Gasteiger partial charge < -0.3 is 15.0 Å². The molecule has 2 heterocycles. The van der Waals surface area contributed by atoms with Crippen LogP contribution in [0.25, 0.3) is 0 Å². The number of hydrogen-bond donors (Lipinski definition) is 2. The van der Waals surface area contributed by atoms with E-state index >= 15 is 0 Å². The van der Waals surface area contributed by atoms with Crippen LogP contribution in [-0.2, 0) is 13.0 Å². The third-order valence-electron chi connectivity index (χ3n) is 2.73. The number of nitrogens with one attached hydrogen (secondary N) is 2. The number of ether oxygens (including phenoxy) is 1. The Balaban J connectivity index is 1.71. The fourth-order valence-corrected chi connectivity index (χ4v) is 1.88. The minimum Gasteiger partial charge on any atom is -0.493 e. The summed E-state index contributed by atoms with van der Waals surface area (Å²) in [4.78, 5) is 7.04. The van der Waals surface area contributed by atoms with E-state index in [4.69, 9.17) is 4.74 Å². The largest absolute Gasteiger partial charge is 0.493 e. The molecule has 0 spiro atoms. The van der Waals surface area contributed by atoms with E-state index in [1.807, 2.05) is 18.3 Å². The van der Waals surface area contributed by atoms with Crippen molar-refractivity contribution < 1.29 is 4.74 Å². The molecule has 3 rings (SSSR count). The molecule has 0 amide bonds. The average molecular weight is 215 g/mol. The summed E-state index contributed by atoms with van der Waals surface area (Å²) >= 11 is 0. The number of hydrogen-bond acceptors (Lipinski definition) is 3. The molecular formula is C12H13N3O. The Bertz CT molecular complexity index is 479. The smallest absolute Gasteiger partial charge is 0.122 e. The monoisotopic (exact) mass is 215 g/mol. The molecule has 1 aliphatic heterocycles. The van der Waals surface area contributed by atoms with Crippen LogP contribution in [0.3, 0.4) is 0 Å². The predicted octanol–water partition coefficient (Wildman–Crippen LogP) is 1.96. The van der Waals surface area contributed by atoms with E-state index in [2.05, 4.69) is 21.4 Å². The van der Waals surface area contributed by atoms with Crippen molar-refractivity contribution in [2.45, 2.75) is 13.0 Å². The van der Waals surface area contributed by atoms with Gasteiger partial charge in [0, 0.05) is 18.3 Å². The highest BCUT2D eigenvalue weighted by Crippen LogP contribution is 2.27. The second-order valence-electron chi connectivity index (χ2n) is 3.85. The van der Waals surface area contributed by atoms with Crippen molar-refractivity contribution >= 4 is 5.69 Å². The van der Waals surface area contributed by atoms with Crippen LogP contribution in [0, 0.1) is 0 Å². The van der Waals surface area contributed by atoms with Gasteiger partial charge in [0.25, 0.3) is 0 Å². The van der Waals surface area contributed by atoms with E-state index in [0.717, 1.165) is 36.7 Å². The lowest BCUT2D eigenvalue weighted by Crippen LogP contribution is -1.99. The molecule has 1 aromatic heterocycles. The van der Waals surface area contributed by atoms with Gasteiger partial charge >= 0.3 is 0 Å². The van der Waals surface area contributed by atoms with E-state index in [9.17, 15) is 0 Å². The normalized spacial score (nSPS) is 13.2. The van der Waals surface area contributed by atoms with Crippen molar-refractivity contribution in [1.82, 2.24) is 9.97 Å². The van der Waals surface area contributed by atoms with Gasteiger partial charge in [-0.05, 0) is 23.8 Å². The van der Waals surface area contributed by atoms with Crippen LogP contribution < -0.4 is 10.1 Å². The predicted molar refractivity (Wildman–Crippen MR) is 61.6 cm³/mol. The number of aromatic nitrogens is 2. The topological polar surface area (TPSA) is 49.9 Å². The first kappa shape index (κ1) is 9.27. The van der Waals surface area contributed by atoms with Crippen LogP contribution >= 0.6 is 0 Å². The highest BCUT2D eigenvalue weighted by atomic mass is 16.5. The molecular weight excluding hydrogens is 202 g/mol. The molecule has 0 unspecified atom stereocenters. The van der Waals surface area contributed by atoms with E-state index in [1.165, 1.54) is 5.56 Å². The van der Waals surface area contributed by atoms with Crippen LogP contribution in [-0.4, -0.2) is 16.6 Å². The first-order valence-electron chi connectivity index (χ1n) is 5.39. The Morgan fingerprint density at radius 2 is 2.44 bits per heavy atom. The summed E-state index contributed by atoms with van der Waals surface area (Å²) in [7, 11) is 0. The molecule has 0 bridgehead atoms. The lowest BCUT2D eigenvalue weighted by Gasteiger charge is -2.06. The summed E-state index contributed by atoms with van der Waals surface area (Å²) in [6.45, 7) is 1.57. The maximum Gasteiger partial charge on any atom is 0.122 e. The van der Waals surface area contributed by atoms with E-state index in [1.54, 1.807) is 6.33 Å². The molecule has 0 saturated heterocycles. The molecule has 82 valence electrons. The van der Waals surface area contributed by atoms with Crippen molar-refractivity contribution in [1.29, 1.82) is 0 Å². The Morgan fingerprint density at radius 1 is 1.44 bits per heavy atom. The van der Waals surface area contributed by atoms with Crippen molar-refractivity contribution in [2.24, 2.45) is 0 Å². The van der Waals surface area contributed by atoms with Crippen LogP contribution in [0.4, 0.5) is 5.69 Å². The zero-order chi connectivity index (χ0) is 10.8. The molecule has 2 aromatic rings. The zero-order valence-electron chi connectivity index (χ0n) is 8.86. The third kappa shape index (κ3) is 1.74. The summed E-state index contributed by atoms with van der Waals surface area (Å²) in [6.07, 6.45) is 4.52. The van der Waals surface area contributed by atoms with Crippen molar-refractivity contribution in [3.8, 4) is 5.75 Å². The van der Waals surface area contributed by atoms with Gasteiger partial charge in [0.2, 0.25) is 0 Å². The number of benzene rings is 1. The van der Waals surface area contributed by atoms with E-state index in [-0.39, 0.29) is 0 Å². The molecule has 2 N–H and O–H groups in total. The van der Waals surface area contributed by atoms with Gasteiger partial charge in [0.1, 0.15) is 5.75 Å². The van der Waals surface area contributed by atoms with Crippen molar-refractivity contribution in [3.63, 3.8) is 0 Å². The molecule has 0 atom stereocenters. The van der Waals surface area contributed by atoms with Gasteiger partial charge in [0.15, 0.2) is 0 Å². The lowest BCUT2D eigenvalue weighted by atomic mass is 10.1. The molecule has 1 aromatic carbocycles. The number of H-pyrrole nitrogens is 1. The number of nitrogens with zero attached hydrogens (tertiary/aromatic N) is 1. The standard InChI is InChI=1S/C12H13N3O/c1-2-12-9(3-4-16-12)5-10(1)14-7-11-6-13-8-15-11/h1-2,5-6,8,14H,3-4,7H2,(H,13,15). The Hall–Kier alpha value is -1.97. The highest BCUT2D eigenvalue weighted by molar-refractivity contribution is 5.52. The second kappa shape index (κ2) is 3.89. The number of rotatable bonds is 3. The van der Waals surface area contributed by atoms with Gasteiger partial charge in [-0.25, -0.2) is 4.98 Å². The molecule has 4 heteroatoms. The first-order valence-corrected chi connectivity index (χ1v) is 5.39. The van der Waals surface area contributed by atoms with Crippen LogP contribution in [0.2, 0.25) is 0 Å². The first-order chi connectivity index (χ1) is 7.92. The van der Waals surface area contributed by atoms with Gasteiger partial charge in [0.05, 0.1) is 25.2 Å². The SMILES string of the molecule is c1ncc(CNc2ccc3c(c2)CCO3)[nH]1. The summed E-state index contributed by atoms with van der Waals surface area (Å²) in [5.41, 5.74) is 3.49. The molecule has 0 radical (unpaired) electrons. The van der Waals surface area contributed by atoms with Crippen LogP contribution in [0.1, 0.15) is 11.3 Å². The lowest BCUT2D eigenvalue weighted by molar-refractivity contribution is 0.357. The van der Waals surface area contributed by atoms with Crippen LogP contribution in [0.15, 0.2) is 30.7 Å². The molecule has 1 aliphatic rings. The molecule has 16 heavy (non-hydrogen) atoms. The quantitative estimate of drug-likeness (QED) is 0.822. The van der Waals surface area contributed by atoms with Crippen molar-refractivity contribution in [2.75, 3.05) is 11.9 Å². The third-order valence-corrected chi connectivity index (χ3v) is 2.73. The van der Waals surface area contributed by atoms with E-state index in [0.29, 0.717) is 0 Å². The summed E-state index contributed by atoms with van der Waals surface area (Å²) in [5.74, 6) is 1.02. The minimum atomic E-state index is 0.764. The molecule has 0 fully saturated rings. The van der Waals surface area contributed by atoms with Gasteiger partial charge in [-0.3, -0.25) is 0 Å². The van der Waals surface area contributed by atoms with E-state index < -0.39 is 0 Å². The van der Waals surface area contributed by atoms with Gasteiger partial charge in [-0.2, -0.15) is 0 Å². The minimum absolute atomic E-state index is 0.764. The van der Waals surface area contributed by atoms with Crippen molar-refractivity contribution in [3.05, 3.63) is 42.0 Å². The fraction of sp³-hybridized carbons (Fsp3) is 0.250. The maximum atomic E-state index is 5.46. The number of fused-ring (bicyclic) bond motifs is 1. The number of imidazole rings is 1. The maximum absolute atomic E-state index is 5.46. The zero-order valence-corrected chi connectivity index (χ0v) is 8.86. The van der Waals surface area contributed by atoms with Gasteiger partial charge in [-0.15, -0.1) is 0 Å². The number of anilines is 1. The second-order valence-corrected chi connectivity index (χ2v) is 3.85. The molecule has 4 nitrogen and oxygen atoms in total. The fourth-order valence-electron chi connectivity index (χ4n) is 1.88. The molecule has 0 saturated carbocycles. The summed E-state index contributed by atoms with van der Waals surface area (Å²) in [6, 6.07) is 6.22. The summed E-state index contributed by atoms with van der Waals surface area (Å²) in [5, 5.41) is 3.35. The number of aromatic amines is 1. The van der Waals surface area contributed by atoms with Gasteiger partial charge in [-0.1, -0.05) is 0 Å². The Kier molecular flexibility index (Phi) is 2.25. The molecule has 0 aliphatic carbocycles. The highest BCUT2D eigenvalue weighted by Gasteiger charge is 2.11.